The van der Waals surface area contributed by atoms with Gasteiger partial charge in [0.25, 0.3) is 0 Å². The van der Waals surface area contributed by atoms with E-state index >= 15 is 0 Å². The van der Waals surface area contributed by atoms with E-state index < -0.39 is 0 Å². The molecule has 0 amide bonds. The molecule has 1 fully saturated rings. The van der Waals surface area contributed by atoms with Crippen molar-refractivity contribution < 1.29 is 9.47 Å². The highest BCUT2D eigenvalue weighted by molar-refractivity contribution is 9.10. The number of imidazole rings is 1. The van der Waals surface area contributed by atoms with E-state index in [1.54, 1.807) is 6.33 Å². The van der Waals surface area contributed by atoms with Gasteiger partial charge in [0.05, 0.1) is 6.33 Å². The first-order valence-corrected chi connectivity index (χ1v) is 12.6. The van der Waals surface area contributed by atoms with E-state index in [0.717, 1.165) is 39.7 Å². The summed E-state index contributed by atoms with van der Waals surface area (Å²) in [7, 11) is 0. The van der Waals surface area contributed by atoms with Crippen molar-refractivity contribution in [3.05, 3.63) is 22.9 Å². The third kappa shape index (κ3) is 4.27. The van der Waals surface area contributed by atoms with Gasteiger partial charge in [-0.25, -0.2) is 15.0 Å². The van der Waals surface area contributed by atoms with E-state index in [2.05, 4.69) is 49.2 Å². The minimum absolute atomic E-state index is 0.240. The lowest BCUT2D eigenvalue weighted by Gasteiger charge is -2.38. The van der Waals surface area contributed by atoms with Gasteiger partial charge in [-0.2, -0.15) is 0 Å². The lowest BCUT2D eigenvalue weighted by atomic mass is 9.97. The Morgan fingerprint density at radius 3 is 2.84 bits per heavy atom. The molecule has 1 saturated heterocycles. The first kappa shape index (κ1) is 21.8. The topological polar surface area (TPSA) is 91.3 Å². The minimum Gasteiger partial charge on any atom is -0.454 e. The zero-order valence-electron chi connectivity index (χ0n) is 18.3. The molecule has 4 heterocycles. The van der Waals surface area contributed by atoms with E-state index in [1.807, 2.05) is 12.1 Å². The number of nitrogen functional groups attached to an aromatic ring is 1. The average Bonchev–Trinajstić information content (AvgIpc) is 3.41. The Labute approximate surface area is 200 Å². The zero-order valence-corrected chi connectivity index (χ0v) is 20.7. The summed E-state index contributed by atoms with van der Waals surface area (Å²) >= 11 is 5.07. The predicted molar refractivity (Wildman–Crippen MR) is 127 cm³/mol. The minimum atomic E-state index is 0.240. The second-order valence-corrected chi connectivity index (χ2v) is 10.4. The second kappa shape index (κ2) is 9.07. The summed E-state index contributed by atoms with van der Waals surface area (Å²) in [6, 6.07) is 5.01. The molecule has 1 unspecified atom stereocenters. The third-order valence-electron chi connectivity index (χ3n) is 6.14. The first-order chi connectivity index (χ1) is 15.5. The normalized spacial score (nSPS) is 18.7. The number of anilines is 1. The maximum Gasteiger partial charge on any atom is 0.231 e. The smallest absolute Gasteiger partial charge is 0.231 e. The van der Waals surface area contributed by atoms with Crippen molar-refractivity contribution >= 4 is 33.5 Å². The molecule has 0 saturated carbocycles. The van der Waals surface area contributed by atoms with Crippen LogP contribution in [0, 0.1) is 0 Å². The van der Waals surface area contributed by atoms with E-state index in [1.165, 1.54) is 37.6 Å². The van der Waals surface area contributed by atoms with Crippen LogP contribution in [-0.2, 0) is 6.54 Å². The summed E-state index contributed by atoms with van der Waals surface area (Å²) in [5, 5.41) is 0.634. The maximum atomic E-state index is 6.15. The van der Waals surface area contributed by atoms with Crippen LogP contribution in [-0.4, -0.2) is 49.8 Å². The van der Waals surface area contributed by atoms with E-state index in [-0.39, 0.29) is 6.79 Å². The molecule has 1 atom stereocenters. The molecule has 0 aromatic heterocycles. The molecule has 5 rings (SSSR count). The Hall–Kier alpha value is -2.04. The van der Waals surface area contributed by atoms with Crippen LogP contribution in [0.5, 0.6) is 11.5 Å². The number of nitrogens with two attached hydrogens (primary N) is 1. The summed E-state index contributed by atoms with van der Waals surface area (Å²) in [6.07, 6.45) is 6.69. The van der Waals surface area contributed by atoms with Crippen LogP contribution in [0.25, 0.3) is 11.5 Å². The molecule has 1 aromatic rings. The van der Waals surface area contributed by atoms with Crippen molar-refractivity contribution in [3.63, 3.8) is 0 Å². The highest BCUT2D eigenvalue weighted by atomic mass is 79.9. The third-order valence-corrected chi connectivity index (χ3v) is 7.98. The number of aryl methyl sites for hydroxylation is 1. The van der Waals surface area contributed by atoms with Gasteiger partial charge in [-0.15, -0.1) is 0 Å². The van der Waals surface area contributed by atoms with Gasteiger partial charge in [0.2, 0.25) is 6.79 Å². The highest BCUT2D eigenvalue weighted by Crippen LogP contribution is 2.43. The number of hydrogen-bond donors (Lipinski definition) is 1. The van der Waals surface area contributed by atoms with Crippen LogP contribution in [0.2, 0.25) is 0 Å². The molecule has 0 bridgehead atoms. The van der Waals surface area contributed by atoms with Crippen molar-refractivity contribution in [2.45, 2.75) is 68.2 Å². The number of fused-ring (bicyclic) bond motifs is 2. The molecule has 32 heavy (non-hydrogen) atoms. The van der Waals surface area contributed by atoms with Crippen LogP contribution in [0.4, 0.5) is 5.82 Å². The number of ether oxygens (including phenoxy) is 2. The van der Waals surface area contributed by atoms with Crippen LogP contribution < -0.4 is 15.2 Å². The Morgan fingerprint density at radius 2 is 2.03 bits per heavy atom. The fourth-order valence-corrected chi connectivity index (χ4v) is 5.87. The highest BCUT2D eigenvalue weighted by Gasteiger charge is 2.26. The fraction of sp³-hybridized carbons (Fsp3) is 0.500. The molecule has 10 heteroatoms. The molecular formula is C22H27BrN6O2S. The lowest BCUT2D eigenvalue weighted by molar-refractivity contribution is 0.102. The number of aromatic nitrogens is 4. The Balaban J connectivity index is 1.37. The number of likely N-dealkylation sites (tertiary alicyclic amines) is 1. The monoisotopic (exact) mass is 518 g/mol. The Morgan fingerprint density at radius 1 is 1.22 bits per heavy atom. The van der Waals surface area contributed by atoms with Crippen molar-refractivity contribution in [2.75, 3.05) is 19.1 Å². The molecule has 0 aliphatic carbocycles. The number of rotatable bonds is 6. The van der Waals surface area contributed by atoms with Gasteiger partial charge in [-0.05, 0) is 79.5 Å². The van der Waals surface area contributed by atoms with Crippen LogP contribution in [0.15, 0.2) is 33.0 Å². The second-order valence-electron chi connectivity index (χ2n) is 8.51. The van der Waals surface area contributed by atoms with Gasteiger partial charge < -0.3 is 19.8 Å². The van der Waals surface area contributed by atoms with Crippen molar-refractivity contribution in [1.82, 2.24) is 24.4 Å². The molecular weight excluding hydrogens is 492 g/mol. The van der Waals surface area contributed by atoms with Gasteiger partial charge >= 0.3 is 0 Å². The maximum absolute atomic E-state index is 6.15. The van der Waals surface area contributed by atoms with E-state index in [4.69, 9.17) is 20.2 Å². The molecule has 0 spiro atoms. The van der Waals surface area contributed by atoms with Crippen LogP contribution in [0.1, 0.15) is 39.5 Å². The number of nitrogens with zero attached hydrogens (tertiary/aromatic N) is 5. The molecule has 4 aliphatic heterocycles. The average molecular weight is 519 g/mol. The molecule has 170 valence electrons. The molecule has 0 radical (unpaired) electrons. The summed E-state index contributed by atoms with van der Waals surface area (Å²) < 4.78 is 13.9. The number of halogens is 1. The summed E-state index contributed by atoms with van der Waals surface area (Å²) in [6.45, 7) is 6.84. The summed E-state index contributed by atoms with van der Waals surface area (Å²) in [4.78, 5) is 17.5. The van der Waals surface area contributed by atoms with Gasteiger partial charge in [0.1, 0.15) is 0 Å². The molecule has 8 nitrogen and oxygen atoms in total. The fourth-order valence-electron chi connectivity index (χ4n) is 4.52. The van der Waals surface area contributed by atoms with Gasteiger partial charge in [0.15, 0.2) is 34.0 Å². The van der Waals surface area contributed by atoms with Crippen molar-refractivity contribution in [1.29, 1.82) is 0 Å². The van der Waals surface area contributed by atoms with Gasteiger partial charge in [0, 0.05) is 28.0 Å². The van der Waals surface area contributed by atoms with E-state index in [0.29, 0.717) is 28.8 Å². The largest absolute Gasteiger partial charge is 0.454 e. The quantitative estimate of drug-likeness (QED) is 0.503. The van der Waals surface area contributed by atoms with Crippen molar-refractivity contribution in [3.8, 4) is 23.0 Å². The molecule has 4 aliphatic rings. The number of hydrogen-bond acceptors (Lipinski definition) is 8. The van der Waals surface area contributed by atoms with Crippen LogP contribution in [0.3, 0.4) is 0 Å². The van der Waals surface area contributed by atoms with Crippen LogP contribution >= 0.6 is 27.7 Å². The van der Waals surface area contributed by atoms with E-state index in [9.17, 15) is 0 Å². The first-order valence-electron chi connectivity index (χ1n) is 11.0. The molecule has 1 aromatic carbocycles. The number of benzene rings is 1. The standard InChI is InChI=1S/C22H27BrN6O2S/c1-13(2)29-7-4-3-5-14(29)6-8-28-11-25-20(24)19-21(28)27-22(26-19)32-18-10-17-16(9-15(18)23)30-12-31-17/h9-11,13-14H,3-8,12,24H2,1-2H3. The molecule has 2 N–H and O–H groups in total. The lowest BCUT2D eigenvalue weighted by Crippen LogP contribution is -2.44. The van der Waals surface area contributed by atoms with Gasteiger partial charge in [-0.3, -0.25) is 4.90 Å². The van der Waals surface area contributed by atoms with Gasteiger partial charge in [-0.1, -0.05) is 6.42 Å². The summed E-state index contributed by atoms with van der Waals surface area (Å²) in [5.74, 6) is 2.65. The number of piperidine rings is 1. The Kier molecular flexibility index (Phi) is 6.18. The summed E-state index contributed by atoms with van der Waals surface area (Å²) in [5.41, 5.74) is 6.80. The predicted octanol–water partition coefficient (Wildman–Crippen LogP) is 4.66. The van der Waals surface area contributed by atoms with Crippen molar-refractivity contribution in [2.24, 2.45) is 0 Å². The SMILES string of the molecule is CC(C)N1CCCCC1CCn1cnc(N)c2nc(Sc3cc4c(cc3Br)OCO4)nc1-2. The zero-order chi connectivity index (χ0) is 22.2. The Bertz CT molecular complexity index is 1090.